The SMILES string of the molecule is O=[N+]([O-])c1ccc(O[C@@H]2O[C@H](CO)[C@@H](O)[C@H](O[C@@H]3O[C@H](CO)[C@H](O)[C@H](O)[C@H]3O)[C@H]2O)cc1. The predicted molar refractivity (Wildman–Crippen MR) is 100 cm³/mol. The van der Waals surface area contributed by atoms with Crippen LogP contribution >= 0.6 is 0 Å². The summed E-state index contributed by atoms with van der Waals surface area (Å²) in [6, 6.07) is 4.82. The van der Waals surface area contributed by atoms with Crippen LogP contribution in [0.25, 0.3) is 0 Å². The maximum absolute atomic E-state index is 10.8. The largest absolute Gasteiger partial charge is 0.462 e. The summed E-state index contributed by atoms with van der Waals surface area (Å²) < 4.78 is 21.5. The minimum atomic E-state index is -1.79. The van der Waals surface area contributed by atoms with Crippen LogP contribution in [0, 0.1) is 10.1 Å². The molecule has 0 aromatic heterocycles. The van der Waals surface area contributed by atoms with Gasteiger partial charge in [0, 0.05) is 12.1 Å². The van der Waals surface area contributed by atoms with Gasteiger partial charge in [-0.15, -0.1) is 0 Å². The molecule has 7 N–H and O–H groups in total. The van der Waals surface area contributed by atoms with Crippen LogP contribution < -0.4 is 4.74 Å². The molecular formula is C18H25NO13. The molecular weight excluding hydrogens is 438 g/mol. The fourth-order valence-electron chi connectivity index (χ4n) is 3.43. The Morgan fingerprint density at radius 2 is 1.38 bits per heavy atom. The fourth-order valence-corrected chi connectivity index (χ4v) is 3.43. The van der Waals surface area contributed by atoms with E-state index in [2.05, 4.69) is 0 Å². The number of non-ortho nitro benzene ring substituents is 1. The van der Waals surface area contributed by atoms with Gasteiger partial charge in [0.1, 0.15) is 54.6 Å². The van der Waals surface area contributed by atoms with Gasteiger partial charge in [-0.25, -0.2) is 0 Å². The molecule has 0 aliphatic carbocycles. The van der Waals surface area contributed by atoms with Crippen molar-refractivity contribution in [3.05, 3.63) is 34.4 Å². The monoisotopic (exact) mass is 463 g/mol. The van der Waals surface area contributed by atoms with E-state index in [4.69, 9.17) is 18.9 Å². The van der Waals surface area contributed by atoms with E-state index in [1.165, 1.54) is 12.1 Å². The van der Waals surface area contributed by atoms with Crippen LogP contribution in [-0.2, 0) is 14.2 Å². The number of rotatable bonds is 7. The number of hydrogen-bond acceptors (Lipinski definition) is 13. The lowest BCUT2D eigenvalue weighted by atomic mass is 9.97. The molecule has 2 aliphatic rings. The van der Waals surface area contributed by atoms with E-state index in [1.807, 2.05) is 0 Å². The van der Waals surface area contributed by atoms with Crippen molar-refractivity contribution < 1.29 is 59.6 Å². The van der Waals surface area contributed by atoms with Crippen LogP contribution in [0.4, 0.5) is 5.69 Å². The Hall–Kier alpha value is -1.98. The van der Waals surface area contributed by atoms with Crippen LogP contribution in [0.15, 0.2) is 24.3 Å². The van der Waals surface area contributed by atoms with Gasteiger partial charge in [0.05, 0.1) is 18.1 Å². The zero-order valence-electron chi connectivity index (χ0n) is 16.5. The highest BCUT2D eigenvalue weighted by molar-refractivity contribution is 5.36. The second kappa shape index (κ2) is 10.3. The highest BCUT2D eigenvalue weighted by Crippen LogP contribution is 2.30. The maximum Gasteiger partial charge on any atom is 0.269 e. The molecule has 0 bridgehead atoms. The molecule has 0 amide bonds. The molecule has 2 saturated heterocycles. The third-order valence-corrected chi connectivity index (χ3v) is 5.26. The first-order valence-electron chi connectivity index (χ1n) is 9.67. The van der Waals surface area contributed by atoms with Gasteiger partial charge in [-0.2, -0.15) is 0 Å². The molecule has 0 saturated carbocycles. The van der Waals surface area contributed by atoms with Gasteiger partial charge in [0.25, 0.3) is 5.69 Å². The highest BCUT2D eigenvalue weighted by atomic mass is 16.7. The van der Waals surface area contributed by atoms with Crippen LogP contribution in [-0.4, -0.2) is 115 Å². The average Bonchev–Trinajstić information content (AvgIpc) is 2.78. The molecule has 10 atom stereocenters. The molecule has 2 aliphatic heterocycles. The molecule has 14 nitrogen and oxygen atoms in total. The zero-order chi connectivity index (χ0) is 23.6. The summed E-state index contributed by atoms with van der Waals surface area (Å²) in [6.07, 6.45) is -15.8. The number of nitro benzene ring substituents is 1. The molecule has 32 heavy (non-hydrogen) atoms. The van der Waals surface area contributed by atoms with Gasteiger partial charge >= 0.3 is 0 Å². The molecule has 14 heteroatoms. The van der Waals surface area contributed by atoms with Crippen LogP contribution in [0.3, 0.4) is 0 Å². The van der Waals surface area contributed by atoms with E-state index in [0.29, 0.717) is 0 Å². The van der Waals surface area contributed by atoms with E-state index in [1.54, 1.807) is 0 Å². The minimum Gasteiger partial charge on any atom is -0.462 e. The summed E-state index contributed by atoms with van der Waals surface area (Å²) in [5.74, 6) is 0.0688. The number of aliphatic hydroxyl groups is 7. The molecule has 0 radical (unpaired) electrons. The van der Waals surface area contributed by atoms with Gasteiger partial charge in [-0.3, -0.25) is 10.1 Å². The summed E-state index contributed by atoms with van der Waals surface area (Å²) in [5, 5.41) is 80.6. The Labute approximate surface area is 180 Å². The van der Waals surface area contributed by atoms with E-state index < -0.39 is 79.5 Å². The summed E-state index contributed by atoms with van der Waals surface area (Å²) in [6.45, 7) is -1.42. The smallest absolute Gasteiger partial charge is 0.269 e. The lowest BCUT2D eigenvalue weighted by Gasteiger charge is -2.45. The molecule has 180 valence electrons. The normalized spacial score (nSPS) is 40.1. The van der Waals surface area contributed by atoms with Gasteiger partial charge < -0.3 is 54.7 Å². The summed E-state index contributed by atoms with van der Waals surface area (Å²) in [4.78, 5) is 10.2. The van der Waals surface area contributed by atoms with Crippen LogP contribution in [0.2, 0.25) is 0 Å². The zero-order valence-corrected chi connectivity index (χ0v) is 16.5. The quantitative estimate of drug-likeness (QED) is 0.155. The number of benzene rings is 1. The predicted octanol–water partition coefficient (Wildman–Crippen LogP) is -3.40. The molecule has 3 rings (SSSR count). The van der Waals surface area contributed by atoms with E-state index >= 15 is 0 Å². The second-order valence-corrected chi connectivity index (χ2v) is 7.37. The number of ether oxygens (including phenoxy) is 4. The first-order valence-corrected chi connectivity index (χ1v) is 9.67. The molecule has 0 unspecified atom stereocenters. The molecule has 1 aromatic rings. The molecule has 1 aromatic carbocycles. The Morgan fingerprint density at radius 3 is 1.94 bits per heavy atom. The van der Waals surface area contributed by atoms with Crippen molar-refractivity contribution in [1.29, 1.82) is 0 Å². The Balaban J connectivity index is 1.76. The van der Waals surface area contributed by atoms with Crippen molar-refractivity contribution in [3.63, 3.8) is 0 Å². The average molecular weight is 463 g/mol. The topological polar surface area (TPSA) is 222 Å². The Morgan fingerprint density at radius 1 is 0.812 bits per heavy atom. The molecule has 2 fully saturated rings. The summed E-state index contributed by atoms with van der Waals surface area (Å²) in [7, 11) is 0. The highest BCUT2D eigenvalue weighted by Gasteiger charge is 2.51. The van der Waals surface area contributed by atoms with E-state index in [9.17, 15) is 45.9 Å². The first-order chi connectivity index (χ1) is 15.2. The summed E-state index contributed by atoms with van der Waals surface area (Å²) >= 11 is 0. The molecule has 2 heterocycles. The van der Waals surface area contributed by atoms with Crippen molar-refractivity contribution in [3.8, 4) is 5.75 Å². The Bertz CT molecular complexity index is 762. The van der Waals surface area contributed by atoms with E-state index in [0.717, 1.165) is 12.1 Å². The second-order valence-electron chi connectivity index (χ2n) is 7.37. The van der Waals surface area contributed by atoms with Crippen molar-refractivity contribution in [2.45, 2.75) is 61.4 Å². The van der Waals surface area contributed by atoms with Gasteiger partial charge in [0.15, 0.2) is 6.29 Å². The van der Waals surface area contributed by atoms with Crippen LogP contribution in [0.1, 0.15) is 0 Å². The summed E-state index contributed by atoms with van der Waals surface area (Å²) in [5.41, 5.74) is -0.199. The number of hydrogen-bond donors (Lipinski definition) is 7. The third kappa shape index (κ3) is 4.99. The number of nitro groups is 1. The minimum absolute atomic E-state index is 0.0688. The maximum atomic E-state index is 10.8. The van der Waals surface area contributed by atoms with Crippen molar-refractivity contribution in [2.75, 3.05) is 13.2 Å². The van der Waals surface area contributed by atoms with E-state index in [-0.39, 0.29) is 11.4 Å². The van der Waals surface area contributed by atoms with Crippen molar-refractivity contribution >= 4 is 5.69 Å². The Kier molecular flexibility index (Phi) is 7.94. The van der Waals surface area contributed by atoms with Gasteiger partial charge in [0.2, 0.25) is 6.29 Å². The number of aliphatic hydroxyl groups excluding tert-OH is 7. The van der Waals surface area contributed by atoms with Gasteiger partial charge in [-0.1, -0.05) is 0 Å². The standard InChI is InChI=1S/C18H25NO13/c20-5-9-11(22)13(24)14(25)17(30-9)32-16-12(23)10(6-21)31-18(15(16)26)29-8-3-1-7(2-4-8)19(27)28/h1-4,9-18,20-26H,5-6H2/t9-,10-,11+,12-,13+,14-,15-,16+,17+,18-/m1/s1. The van der Waals surface area contributed by atoms with Crippen LogP contribution in [0.5, 0.6) is 5.75 Å². The lowest BCUT2D eigenvalue weighted by molar-refractivity contribution is -0.384. The fraction of sp³-hybridized carbons (Fsp3) is 0.667. The molecule has 0 spiro atoms. The lowest BCUT2D eigenvalue weighted by Crippen LogP contribution is -2.65. The third-order valence-electron chi connectivity index (χ3n) is 5.26. The van der Waals surface area contributed by atoms with Crippen molar-refractivity contribution in [2.24, 2.45) is 0 Å². The first kappa shape index (κ1) is 24.7. The van der Waals surface area contributed by atoms with Gasteiger partial charge in [-0.05, 0) is 12.1 Å². The van der Waals surface area contributed by atoms with Crippen molar-refractivity contribution in [1.82, 2.24) is 0 Å². The number of nitrogens with zero attached hydrogens (tertiary/aromatic N) is 1.